The van der Waals surface area contributed by atoms with Gasteiger partial charge in [0.1, 0.15) is 0 Å². The van der Waals surface area contributed by atoms with E-state index in [9.17, 15) is 0 Å². The molecule has 0 aromatic heterocycles. The third kappa shape index (κ3) is 5.96. The van der Waals surface area contributed by atoms with Crippen LogP contribution in [0.5, 0.6) is 0 Å². The van der Waals surface area contributed by atoms with Crippen LogP contribution in [-0.4, -0.2) is 8.80 Å². The number of hydrogen-bond donors (Lipinski definition) is 0. The average Bonchev–Trinajstić information content (AvgIpc) is 1.66. The van der Waals surface area contributed by atoms with Gasteiger partial charge < -0.3 is 0 Å². The monoisotopic (exact) mass is 128 g/mol. The molecule has 0 saturated heterocycles. The van der Waals surface area contributed by atoms with E-state index >= 15 is 0 Å². The van der Waals surface area contributed by atoms with Crippen molar-refractivity contribution in [3.05, 3.63) is 12.7 Å². The van der Waals surface area contributed by atoms with Gasteiger partial charge in [-0.3, -0.25) is 0 Å². The minimum absolute atomic E-state index is 0.250. The molecule has 0 aliphatic heterocycles. The summed E-state index contributed by atoms with van der Waals surface area (Å²) in [6.07, 6.45) is 4.59. The van der Waals surface area contributed by atoms with Crippen LogP contribution >= 0.6 is 0 Å². The minimum Gasteiger partial charge on any atom is -0.103 e. The van der Waals surface area contributed by atoms with Crippen molar-refractivity contribution < 1.29 is 0 Å². The third-order valence-electron chi connectivity index (χ3n) is 1.19. The average molecular weight is 128 g/mol. The predicted molar refractivity (Wildman–Crippen MR) is 43.1 cm³/mol. The Bertz CT molecular complexity index is 57.4. The molecule has 0 aliphatic carbocycles. The first-order valence-corrected chi connectivity index (χ1v) is 6.51. The van der Waals surface area contributed by atoms with Crippen LogP contribution in [-0.2, 0) is 0 Å². The van der Waals surface area contributed by atoms with Gasteiger partial charge in [-0.2, -0.15) is 0 Å². The van der Waals surface area contributed by atoms with Gasteiger partial charge in [-0.05, 0) is 6.42 Å². The van der Waals surface area contributed by atoms with Crippen molar-refractivity contribution in [1.82, 2.24) is 0 Å². The highest BCUT2D eigenvalue weighted by atomic mass is 28.3. The summed E-state index contributed by atoms with van der Waals surface area (Å²) in [6.45, 7) is 8.46. The summed E-state index contributed by atoms with van der Waals surface area (Å²) in [5.74, 6) is 0. The highest BCUT2D eigenvalue weighted by Crippen LogP contribution is 2.00. The molecule has 0 N–H and O–H groups in total. The molecule has 1 heteroatoms. The van der Waals surface area contributed by atoms with Crippen LogP contribution in [0.3, 0.4) is 0 Å². The van der Waals surface area contributed by atoms with Gasteiger partial charge in [-0.1, -0.05) is 31.6 Å². The number of allylic oxidation sites excluding steroid dienone is 1. The largest absolute Gasteiger partial charge is 0.103 e. The summed E-state index contributed by atoms with van der Waals surface area (Å²) in [5.41, 5.74) is 0. The van der Waals surface area contributed by atoms with E-state index in [0.717, 1.165) is 0 Å². The molecular weight excluding hydrogens is 112 g/mol. The smallest absolute Gasteiger partial charge is 0.0305 e. The Balaban J connectivity index is 2.81. The van der Waals surface area contributed by atoms with Crippen LogP contribution in [0.1, 0.15) is 12.8 Å². The van der Waals surface area contributed by atoms with Gasteiger partial charge in [-0.15, -0.1) is 6.58 Å². The molecule has 8 heavy (non-hydrogen) atoms. The van der Waals surface area contributed by atoms with Gasteiger partial charge in [0.15, 0.2) is 0 Å². The molecule has 0 nitrogen and oxygen atoms in total. The van der Waals surface area contributed by atoms with E-state index in [1.54, 1.807) is 0 Å². The molecule has 0 heterocycles. The van der Waals surface area contributed by atoms with Crippen LogP contribution in [0.15, 0.2) is 12.7 Å². The second-order valence-corrected chi connectivity index (χ2v) is 5.98. The zero-order valence-electron chi connectivity index (χ0n) is 5.98. The SMILES string of the molecule is C=CCCC[SiH](C)C. The van der Waals surface area contributed by atoms with Crippen molar-refractivity contribution in [3.8, 4) is 0 Å². The Labute approximate surface area is 54.2 Å². The predicted octanol–water partition coefficient (Wildman–Crippen LogP) is 2.44. The zero-order chi connectivity index (χ0) is 6.41. The summed E-state index contributed by atoms with van der Waals surface area (Å²) in [4.78, 5) is 0. The van der Waals surface area contributed by atoms with E-state index in [1.807, 2.05) is 6.08 Å². The summed E-state index contributed by atoms with van der Waals surface area (Å²) in [6, 6.07) is 1.48. The van der Waals surface area contributed by atoms with Gasteiger partial charge >= 0.3 is 0 Å². The fraction of sp³-hybridized carbons (Fsp3) is 0.714. The van der Waals surface area contributed by atoms with Crippen LogP contribution < -0.4 is 0 Å². The first kappa shape index (κ1) is 7.96. The number of hydrogen-bond acceptors (Lipinski definition) is 0. The summed E-state index contributed by atoms with van der Waals surface area (Å²) < 4.78 is 0. The molecule has 48 valence electrons. The molecule has 0 aromatic rings. The molecular formula is C7H16Si. The van der Waals surface area contributed by atoms with Crippen molar-refractivity contribution in [2.24, 2.45) is 0 Å². The molecule has 0 atom stereocenters. The zero-order valence-corrected chi connectivity index (χ0v) is 7.14. The summed E-state index contributed by atoms with van der Waals surface area (Å²) in [5, 5.41) is 0. The molecule has 0 unspecified atom stereocenters. The third-order valence-corrected chi connectivity index (χ3v) is 2.75. The van der Waals surface area contributed by atoms with Gasteiger partial charge in [0.2, 0.25) is 0 Å². The van der Waals surface area contributed by atoms with Crippen molar-refractivity contribution in [1.29, 1.82) is 0 Å². The van der Waals surface area contributed by atoms with E-state index in [0.29, 0.717) is 0 Å². The quantitative estimate of drug-likeness (QED) is 0.310. The number of rotatable bonds is 4. The second kappa shape index (κ2) is 5.10. The van der Waals surface area contributed by atoms with Crippen molar-refractivity contribution in [2.75, 3.05) is 0 Å². The van der Waals surface area contributed by atoms with Crippen molar-refractivity contribution in [2.45, 2.75) is 32.0 Å². The van der Waals surface area contributed by atoms with E-state index in [1.165, 1.54) is 18.9 Å². The maximum absolute atomic E-state index is 3.67. The molecule has 0 bridgehead atoms. The van der Waals surface area contributed by atoms with Gasteiger partial charge in [0.25, 0.3) is 0 Å². The van der Waals surface area contributed by atoms with Crippen LogP contribution in [0.25, 0.3) is 0 Å². The summed E-state index contributed by atoms with van der Waals surface area (Å²) in [7, 11) is -0.250. The molecule has 0 aromatic carbocycles. The molecule has 0 spiro atoms. The van der Waals surface area contributed by atoms with Gasteiger partial charge in [0.05, 0.1) is 0 Å². The van der Waals surface area contributed by atoms with Crippen LogP contribution in [0.2, 0.25) is 19.1 Å². The molecule has 0 fully saturated rings. The van der Waals surface area contributed by atoms with Gasteiger partial charge in [0, 0.05) is 8.80 Å². The second-order valence-electron chi connectivity index (χ2n) is 2.61. The Morgan fingerprint density at radius 2 is 2.12 bits per heavy atom. The normalized spacial score (nSPS) is 9.88. The molecule has 0 aliphatic rings. The Kier molecular flexibility index (Phi) is 5.07. The lowest BCUT2D eigenvalue weighted by Gasteiger charge is -1.97. The first-order chi connectivity index (χ1) is 3.77. The Morgan fingerprint density at radius 1 is 1.50 bits per heavy atom. The summed E-state index contributed by atoms with van der Waals surface area (Å²) >= 11 is 0. The lowest BCUT2D eigenvalue weighted by Crippen LogP contribution is -1.96. The maximum Gasteiger partial charge on any atom is 0.0305 e. The standard InChI is InChI=1S/C7H16Si/c1-4-5-6-7-8(2)3/h4,8H,1,5-7H2,2-3H3. The van der Waals surface area contributed by atoms with Crippen molar-refractivity contribution in [3.63, 3.8) is 0 Å². The fourth-order valence-electron chi connectivity index (χ4n) is 0.670. The van der Waals surface area contributed by atoms with Crippen molar-refractivity contribution >= 4 is 8.80 Å². The topological polar surface area (TPSA) is 0 Å². The van der Waals surface area contributed by atoms with E-state index in [-0.39, 0.29) is 8.80 Å². The lowest BCUT2D eigenvalue weighted by atomic mass is 10.3. The maximum atomic E-state index is 3.67. The van der Waals surface area contributed by atoms with Crippen LogP contribution in [0, 0.1) is 0 Å². The molecule has 0 rings (SSSR count). The van der Waals surface area contributed by atoms with Gasteiger partial charge in [-0.25, -0.2) is 0 Å². The Morgan fingerprint density at radius 3 is 2.50 bits per heavy atom. The number of unbranched alkanes of at least 4 members (excludes halogenated alkanes) is 1. The minimum atomic E-state index is -0.250. The highest BCUT2D eigenvalue weighted by molar-refractivity contribution is 6.55. The highest BCUT2D eigenvalue weighted by Gasteiger charge is 1.91. The van der Waals surface area contributed by atoms with Crippen LogP contribution in [0.4, 0.5) is 0 Å². The molecule has 0 amide bonds. The van der Waals surface area contributed by atoms with E-state index in [2.05, 4.69) is 19.7 Å². The van der Waals surface area contributed by atoms with E-state index < -0.39 is 0 Å². The first-order valence-electron chi connectivity index (χ1n) is 3.38. The molecule has 0 radical (unpaired) electrons. The van der Waals surface area contributed by atoms with E-state index in [4.69, 9.17) is 0 Å². The lowest BCUT2D eigenvalue weighted by molar-refractivity contribution is 0.946. The Hall–Kier alpha value is -0.0431. The molecule has 0 saturated carbocycles. The fourth-order valence-corrected chi connectivity index (χ4v) is 1.72.